The van der Waals surface area contributed by atoms with E-state index in [0.717, 1.165) is 0 Å². The normalized spacial score (nSPS) is 12.2. The van der Waals surface area contributed by atoms with Gasteiger partial charge in [-0.3, -0.25) is 4.79 Å². The fourth-order valence-electron chi connectivity index (χ4n) is 1.61. The molecule has 13 heavy (non-hydrogen) atoms. The third-order valence-electron chi connectivity index (χ3n) is 2.08. The second-order valence-corrected chi connectivity index (χ2v) is 4.91. The number of terminal acetylenes is 1. The molecule has 0 saturated heterocycles. The van der Waals surface area contributed by atoms with Crippen LogP contribution in [0.2, 0.25) is 0 Å². The van der Waals surface area contributed by atoms with E-state index in [0.29, 0.717) is 12.8 Å². The van der Waals surface area contributed by atoms with Crippen LogP contribution in [-0.4, -0.2) is 11.1 Å². The van der Waals surface area contributed by atoms with Crippen LogP contribution in [0.4, 0.5) is 0 Å². The lowest BCUT2D eigenvalue weighted by Gasteiger charge is -2.30. The second-order valence-electron chi connectivity index (χ2n) is 4.91. The SMILES string of the molecule is C#CCC(C)(C)CC(C)(C)C(=O)O. The molecule has 0 rings (SSSR count). The molecule has 0 unspecified atom stereocenters. The van der Waals surface area contributed by atoms with Crippen molar-refractivity contribution in [3.8, 4) is 12.3 Å². The molecule has 74 valence electrons. The highest BCUT2D eigenvalue weighted by molar-refractivity contribution is 5.73. The molecule has 0 aromatic rings. The number of carboxylic acid groups (broad SMARTS) is 1. The molecule has 2 nitrogen and oxygen atoms in total. The Morgan fingerprint density at radius 2 is 1.85 bits per heavy atom. The maximum absolute atomic E-state index is 10.9. The van der Waals surface area contributed by atoms with Gasteiger partial charge in [0.05, 0.1) is 5.41 Å². The third kappa shape index (κ3) is 3.98. The minimum atomic E-state index is -0.766. The van der Waals surface area contributed by atoms with E-state index < -0.39 is 11.4 Å². The molecule has 0 heterocycles. The van der Waals surface area contributed by atoms with Crippen LogP contribution >= 0.6 is 0 Å². The van der Waals surface area contributed by atoms with Crippen molar-refractivity contribution in [2.75, 3.05) is 0 Å². The summed E-state index contributed by atoms with van der Waals surface area (Å²) in [6.45, 7) is 7.45. The first-order valence-electron chi connectivity index (χ1n) is 4.38. The zero-order valence-corrected chi connectivity index (χ0v) is 8.85. The topological polar surface area (TPSA) is 37.3 Å². The van der Waals surface area contributed by atoms with Gasteiger partial charge in [0.15, 0.2) is 0 Å². The molecule has 0 aliphatic carbocycles. The standard InChI is InChI=1S/C11H18O2/c1-6-7-10(2,3)8-11(4,5)9(12)13/h1H,7-8H2,2-5H3,(H,12,13). The average Bonchev–Trinajstić information content (AvgIpc) is 1.83. The Bertz CT molecular complexity index is 231. The van der Waals surface area contributed by atoms with Gasteiger partial charge in [0.2, 0.25) is 0 Å². The summed E-state index contributed by atoms with van der Waals surface area (Å²) in [4.78, 5) is 10.9. The van der Waals surface area contributed by atoms with Gasteiger partial charge in [-0.25, -0.2) is 0 Å². The summed E-state index contributed by atoms with van der Waals surface area (Å²) < 4.78 is 0. The van der Waals surface area contributed by atoms with Gasteiger partial charge in [-0.15, -0.1) is 12.3 Å². The van der Waals surface area contributed by atoms with Crippen molar-refractivity contribution in [2.45, 2.75) is 40.5 Å². The quantitative estimate of drug-likeness (QED) is 0.678. The van der Waals surface area contributed by atoms with Gasteiger partial charge in [-0.1, -0.05) is 13.8 Å². The summed E-state index contributed by atoms with van der Waals surface area (Å²) in [5.41, 5.74) is -0.795. The summed E-state index contributed by atoms with van der Waals surface area (Å²) in [6.07, 6.45) is 6.42. The van der Waals surface area contributed by atoms with E-state index in [1.807, 2.05) is 13.8 Å². The summed E-state index contributed by atoms with van der Waals surface area (Å²) >= 11 is 0. The van der Waals surface area contributed by atoms with Crippen LogP contribution in [0.1, 0.15) is 40.5 Å². The molecule has 0 amide bonds. The molecule has 0 aliphatic rings. The van der Waals surface area contributed by atoms with Crippen molar-refractivity contribution >= 4 is 5.97 Å². The van der Waals surface area contributed by atoms with Crippen molar-refractivity contribution in [1.82, 2.24) is 0 Å². The highest BCUT2D eigenvalue weighted by atomic mass is 16.4. The van der Waals surface area contributed by atoms with E-state index in [1.165, 1.54) is 0 Å². The van der Waals surface area contributed by atoms with E-state index in [2.05, 4.69) is 5.92 Å². The molecule has 1 N–H and O–H groups in total. The number of hydrogen-bond donors (Lipinski definition) is 1. The molecule has 0 atom stereocenters. The minimum absolute atomic E-state index is 0.101. The van der Waals surface area contributed by atoms with Gasteiger partial charge in [-0.05, 0) is 25.7 Å². The Hall–Kier alpha value is -0.970. The fraction of sp³-hybridized carbons (Fsp3) is 0.727. The maximum Gasteiger partial charge on any atom is 0.309 e. The lowest BCUT2D eigenvalue weighted by Crippen LogP contribution is -2.30. The van der Waals surface area contributed by atoms with E-state index >= 15 is 0 Å². The Morgan fingerprint density at radius 3 is 2.15 bits per heavy atom. The van der Waals surface area contributed by atoms with Crippen LogP contribution in [-0.2, 0) is 4.79 Å². The largest absolute Gasteiger partial charge is 0.481 e. The van der Waals surface area contributed by atoms with Gasteiger partial charge in [0, 0.05) is 6.42 Å². The first kappa shape index (κ1) is 12.0. The molecule has 0 aromatic carbocycles. The molecular weight excluding hydrogens is 164 g/mol. The van der Waals surface area contributed by atoms with Gasteiger partial charge in [0.1, 0.15) is 0 Å². The van der Waals surface area contributed by atoms with Gasteiger partial charge in [-0.2, -0.15) is 0 Å². The van der Waals surface area contributed by atoms with Crippen molar-refractivity contribution in [3.63, 3.8) is 0 Å². The number of carbonyl (C=O) groups is 1. The molecule has 0 bridgehead atoms. The summed E-state index contributed by atoms with van der Waals surface area (Å²) in [6, 6.07) is 0. The predicted octanol–water partition coefficient (Wildman–Crippen LogP) is 2.54. The smallest absolute Gasteiger partial charge is 0.309 e. The van der Waals surface area contributed by atoms with Gasteiger partial charge >= 0.3 is 5.97 Å². The number of aliphatic carboxylic acids is 1. The van der Waals surface area contributed by atoms with Crippen LogP contribution in [0.3, 0.4) is 0 Å². The zero-order valence-electron chi connectivity index (χ0n) is 8.85. The van der Waals surface area contributed by atoms with Gasteiger partial charge in [0.25, 0.3) is 0 Å². The third-order valence-corrected chi connectivity index (χ3v) is 2.08. The molecule has 0 aliphatic heterocycles. The molecule has 0 spiro atoms. The molecular formula is C11H18O2. The second kappa shape index (κ2) is 3.83. The Labute approximate surface area is 80.3 Å². The van der Waals surface area contributed by atoms with E-state index in [4.69, 9.17) is 11.5 Å². The monoisotopic (exact) mass is 182 g/mol. The first-order chi connectivity index (χ1) is 5.71. The zero-order chi connectivity index (χ0) is 10.7. The van der Waals surface area contributed by atoms with Crippen molar-refractivity contribution in [3.05, 3.63) is 0 Å². The van der Waals surface area contributed by atoms with Crippen LogP contribution in [0.5, 0.6) is 0 Å². The van der Waals surface area contributed by atoms with Crippen molar-refractivity contribution in [1.29, 1.82) is 0 Å². The van der Waals surface area contributed by atoms with Crippen LogP contribution in [0.15, 0.2) is 0 Å². The summed E-state index contributed by atoms with van der Waals surface area (Å²) in [5.74, 6) is 1.81. The minimum Gasteiger partial charge on any atom is -0.481 e. The van der Waals surface area contributed by atoms with Crippen molar-refractivity contribution in [2.24, 2.45) is 10.8 Å². The predicted molar refractivity (Wildman–Crippen MR) is 53.3 cm³/mol. The summed E-state index contributed by atoms with van der Waals surface area (Å²) in [7, 11) is 0. The Morgan fingerprint density at radius 1 is 1.38 bits per heavy atom. The average molecular weight is 182 g/mol. The number of carboxylic acids is 1. The highest BCUT2D eigenvalue weighted by Gasteiger charge is 2.33. The van der Waals surface area contributed by atoms with E-state index in [1.54, 1.807) is 13.8 Å². The molecule has 2 heteroatoms. The van der Waals surface area contributed by atoms with Gasteiger partial charge < -0.3 is 5.11 Å². The van der Waals surface area contributed by atoms with Crippen molar-refractivity contribution < 1.29 is 9.90 Å². The lowest BCUT2D eigenvalue weighted by molar-refractivity contribution is -0.148. The highest BCUT2D eigenvalue weighted by Crippen LogP contribution is 2.35. The Kier molecular flexibility index (Phi) is 3.54. The van der Waals surface area contributed by atoms with Crippen LogP contribution in [0, 0.1) is 23.2 Å². The van der Waals surface area contributed by atoms with Crippen LogP contribution in [0.25, 0.3) is 0 Å². The summed E-state index contributed by atoms with van der Waals surface area (Å²) in [5, 5.41) is 8.92. The lowest BCUT2D eigenvalue weighted by atomic mass is 9.73. The van der Waals surface area contributed by atoms with E-state index in [-0.39, 0.29) is 5.41 Å². The molecule has 0 aromatic heterocycles. The first-order valence-corrected chi connectivity index (χ1v) is 4.38. The molecule has 0 fully saturated rings. The number of hydrogen-bond acceptors (Lipinski definition) is 1. The van der Waals surface area contributed by atoms with E-state index in [9.17, 15) is 4.79 Å². The maximum atomic E-state index is 10.9. The Balaban J connectivity index is 4.44. The molecule has 0 radical (unpaired) electrons. The number of rotatable bonds is 4. The molecule has 0 saturated carbocycles. The van der Waals surface area contributed by atoms with Crippen LogP contribution < -0.4 is 0 Å². The fourth-order valence-corrected chi connectivity index (χ4v) is 1.61.